The molecule has 1 heterocycles. The highest BCUT2D eigenvalue weighted by Gasteiger charge is 2.53. The van der Waals surface area contributed by atoms with E-state index in [2.05, 4.69) is 0 Å². The summed E-state index contributed by atoms with van der Waals surface area (Å²) in [4.78, 5) is 0. The zero-order chi connectivity index (χ0) is 16.9. The molecule has 1 aromatic rings. The predicted octanol–water partition coefficient (Wildman–Crippen LogP) is 3.48. The van der Waals surface area contributed by atoms with Crippen LogP contribution in [0.25, 0.3) is 0 Å². The summed E-state index contributed by atoms with van der Waals surface area (Å²) in [6, 6.07) is 2.66. The van der Waals surface area contributed by atoms with Crippen LogP contribution in [0.15, 0.2) is 18.2 Å². The molecule has 1 aromatic carbocycles. The molecule has 0 amide bonds. The van der Waals surface area contributed by atoms with E-state index >= 15 is 0 Å². The highest BCUT2D eigenvalue weighted by molar-refractivity contribution is 6.47. The van der Waals surface area contributed by atoms with Gasteiger partial charge in [0.25, 0.3) is 0 Å². The monoisotopic (exact) mass is 319 g/mol. The number of benzene rings is 1. The molecule has 0 bridgehead atoms. The summed E-state index contributed by atoms with van der Waals surface area (Å²) in [6.07, 6.45) is -4.78. The maximum atomic E-state index is 13.3. The number of halogens is 4. The van der Waals surface area contributed by atoms with Gasteiger partial charge in [-0.2, -0.15) is 13.2 Å². The topological polar surface area (TPSA) is 44.5 Å². The smallest absolute Gasteiger partial charge is 0.402 e. The quantitative estimate of drug-likeness (QED) is 0.670. The van der Waals surface area contributed by atoms with Crippen LogP contribution >= 0.6 is 0 Å². The van der Waals surface area contributed by atoms with Gasteiger partial charge in [0, 0.05) is 0 Å². The van der Waals surface area contributed by atoms with Crippen LogP contribution in [0, 0.1) is 5.82 Å². The Morgan fingerprint density at radius 2 is 1.59 bits per heavy atom. The van der Waals surface area contributed by atoms with E-state index in [0.717, 1.165) is 6.07 Å². The van der Waals surface area contributed by atoms with Crippen LogP contribution < -0.4 is 5.73 Å². The maximum absolute atomic E-state index is 13.3. The minimum absolute atomic E-state index is 0.104. The molecule has 0 aromatic heterocycles. The molecule has 122 valence electrons. The molecule has 0 unspecified atom stereocenters. The van der Waals surface area contributed by atoms with Gasteiger partial charge in [-0.05, 0) is 45.4 Å². The average Bonchev–Trinajstić information content (AvgIpc) is 2.57. The van der Waals surface area contributed by atoms with Gasteiger partial charge in [-0.1, -0.05) is 6.07 Å². The van der Waals surface area contributed by atoms with Gasteiger partial charge >= 0.3 is 13.3 Å². The fourth-order valence-electron chi connectivity index (χ4n) is 2.16. The minimum Gasteiger partial charge on any atom is -0.402 e. The van der Waals surface area contributed by atoms with Crippen molar-refractivity contribution in [2.75, 3.05) is 0 Å². The predicted molar refractivity (Wildman–Crippen MR) is 74.4 cm³/mol. The number of hydrogen-bond acceptors (Lipinski definition) is 3. The molecule has 1 aliphatic rings. The molecule has 1 fully saturated rings. The van der Waals surface area contributed by atoms with E-state index < -0.39 is 41.8 Å². The first-order valence-electron chi connectivity index (χ1n) is 6.83. The van der Waals surface area contributed by atoms with E-state index in [-0.39, 0.29) is 5.56 Å². The molecule has 1 saturated heterocycles. The summed E-state index contributed by atoms with van der Waals surface area (Å²) in [5, 5.41) is 0. The fourth-order valence-corrected chi connectivity index (χ4v) is 2.16. The molecule has 0 radical (unpaired) electrons. The number of hydrogen-bond donors (Lipinski definition) is 1. The van der Waals surface area contributed by atoms with Crippen LogP contribution in [0.1, 0.15) is 44.8 Å². The Morgan fingerprint density at radius 1 is 1.09 bits per heavy atom. The maximum Gasteiger partial charge on any atom is 0.480 e. The zero-order valence-corrected chi connectivity index (χ0v) is 12.8. The molecule has 1 aliphatic heterocycles. The third-order valence-electron chi connectivity index (χ3n) is 4.25. The van der Waals surface area contributed by atoms with Gasteiger partial charge in [-0.15, -0.1) is 0 Å². The normalized spacial score (nSPS) is 22.0. The van der Waals surface area contributed by atoms with Gasteiger partial charge in [0.15, 0.2) is 0 Å². The van der Waals surface area contributed by atoms with Gasteiger partial charge in [-0.25, -0.2) is 4.39 Å². The third-order valence-corrected chi connectivity index (χ3v) is 4.25. The summed E-state index contributed by atoms with van der Waals surface area (Å²) in [7, 11) is -0.906. The second-order valence-electron chi connectivity index (χ2n) is 6.39. The molecule has 0 saturated carbocycles. The molecule has 8 heteroatoms. The van der Waals surface area contributed by atoms with Crippen molar-refractivity contribution in [3.05, 3.63) is 35.1 Å². The molecule has 22 heavy (non-hydrogen) atoms. The van der Waals surface area contributed by atoms with Gasteiger partial charge in [0.1, 0.15) is 5.82 Å². The Kier molecular flexibility index (Phi) is 4.09. The Hall–Kier alpha value is -1.12. The van der Waals surface area contributed by atoms with Crippen molar-refractivity contribution in [1.82, 2.24) is 0 Å². The van der Waals surface area contributed by atoms with Crippen LogP contribution in [-0.2, 0) is 15.5 Å². The Balaban J connectivity index is 2.30. The lowest BCUT2D eigenvalue weighted by atomic mass is 9.74. The van der Waals surface area contributed by atoms with E-state index in [1.54, 1.807) is 0 Å². The third kappa shape index (κ3) is 3.00. The average molecular weight is 319 g/mol. The Morgan fingerprint density at radius 3 is 2.05 bits per heavy atom. The molecule has 3 nitrogen and oxygen atoms in total. The zero-order valence-electron chi connectivity index (χ0n) is 12.8. The number of alkyl halides is 3. The molecule has 2 rings (SSSR count). The summed E-state index contributed by atoms with van der Waals surface area (Å²) in [6.45, 7) is 7.24. The van der Waals surface area contributed by atoms with Crippen molar-refractivity contribution < 1.29 is 26.9 Å². The molecular weight excluding hydrogens is 301 g/mol. The van der Waals surface area contributed by atoms with E-state index in [1.807, 2.05) is 27.7 Å². The first kappa shape index (κ1) is 17.2. The number of nitrogens with two attached hydrogens (primary N) is 1. The van der Waals surface area contributed by atoms with Gasteiger partial charge in [0.2, 0.25) is 0 Å². The summed E-state index contributed by atoms with van der Waals surface area (Å²) < 4.78 is 63.1. The van der Waals surface area contributed by atoms with Crippen LogP contribution in [0.5, 0.6) is 0 Å². The highest BCUT2D eigenvalue weighted by Crippen LogP contribution is 2.40. The molecule has 1 atom stereocenters. The van der Waals surface area contributed by atoms with Crippen molar-refractivity contribution in [2.24, 2.45) is 5.73 Å². The fraction of sp³-hybridized carbons (Fsp3) is 0.571. The standard InChI is InChI=1S/C14H18BF4NO2/c1-12(2)13(3,4)22-15(21-12)11(20)8-5-6-10(16)9(7-8)14(17,18)19/h5-7,11H,20H2,1-4H3/t11-/m1/s1. The van der Waals surface area contributed by atoms with Crippen molar-refractivity contribution in [3.63, 3.8) is 0 Å². The van der Waals surface area contributed by atoms with Crippen LogP contribution in [-0.4, -0.2) is 18.3 Å². The summed E-state index contributed by atoms with van der Waals surface area (Å²) in [5.41, 5.74) is 3.42. The van der Waals surface area contributed by atoms with Gasteiger partial charge < -0.3 is 15.0 Å². The van der Waals surface area contributed by atoms with Crippen LogP contribution in [0.3, 0.4) is 0 Å². The first-order chi connectivity index (χ1) is 9.85. The number of rotatable bonds is 2. The second-order valence-corrected chi connectivity index (χ2v) is 6.39. The van der Waals surface area contributed by atoms with Crippen molar-refractivity contribution in [3.8, 4) is 0 Å². The summed E-state index contributed by atoms with van der Waals surface area (Å²) in [5.74, 6) is -2.29. The van der Waals surface area contributed by atoms with E-state index in [9.17, 15) is 17.6 Å². The minimum atomic E-state index is -4.78. The first-order valence-corrected chi connectivity index (χ1v) is 6.83. The Labute approximate surface area is 126 Å². The molecule has 2 N–H and O–H groups in total. The second kappa shape index (κ2) is 5.21. The van der Waals surface area contributed by atoms with E-state index in [1.165, 1.54) is 6.07 Å². The van der Waals surface area contributed by atoms with Crippen molar-refractivity contribution >= 4 is 7.12 Å². The van der Waals surface area contributed by atoms with Gasteiger partial charge in [0.05, 0.1) is 22.7 Å². The van der Waals surface area contributed by atoms with Crippen molar-refractivity contribution in [2.45, 2.75) is 51.0 Å². The molecular formula is C14H18BF4NO2. The largest absolute Gasteiger partial charge is 0.480 e. The SMILES string of the molecule is CC1(C)OB([C@H](N)c2ccc(F)c(C(F)(F)F)c2)OC1(C)C. The molecule has 0 spiro atoms. The Bertz CT molecular complexity index is 558. The lowest BCUT2D eigenvalue weighted by Crippen LogP contribution is -2.41. The lowest BCUT2D eigenvalue weighted by molar-refractivity contribution is -0.140. The van der Waals surface area contributed by atoms with E-state index in [4.69, 9.17) is 15.0 Å². The van der Waals surface area contributed by atoms with Gasteiger partial charge in [-0.3, -0.25) is 0 Å². The highest BCUT2D eigenvalue weighted by atomic mass is 19.4. The van der Waals surface area contributed by atoms with E-state index in [0.29, 0.717) is 6.07 Å². The molecule has 0 aliphatic carbocycles. The lowest BCUT2D eigenvalue weighted by Gasteiger charge is -2.32. The van der Waals surface area contributed by atoms with Crippen LogP contribution in [0.2, 0.25) is 0 Å². The van der Waals surface area contributed by atoms with Crippen LogP contribution in [0.4, 0.5) is 17.6 Å². The summed E-state index contributed by atoms with van der Waals surface area (Å²) >= 11 is 0. The van der Waals surface area contributed by atoms with Crippen molar-refractivity contribution in [1.29, 1.82) is 0 Å².